The fraction of sp³-hybridized carbons (Fsp3) is 0.375. The molecule has 0 aliphatic carbocycles. The number of nitrogens with one attached hydrogen (secondary N) is 4. The molecule has 0 fully saturated rings. The first-order chi connectivity index (χ1) is 18.2. The van der Waals surface area contributed by atoms with Crippen molar-refractivity contribution in [3.63, 3.8) is 0 Å². The van der Waals surface area contributed by atoms with Gasteiger partial charge < -0.3 is 25.4 Å². The molecular weight excluding hydrogens is 543 g/mol. The van der Waals surface area contributed by atoms with E-state index >= 15 is 0 Å². The largest absolute Gasteiger partial charge is 0.467 e. The molecule has 0 aliphatic rings. The molecule has 0 radical (unpaired) electrons. The number of aromatic nitrogens is 2. The second-order valence-electron chi connectivity index (χ2n) is 9.21. The van der Waals surface area contributed by atoms with Gasteiger partial charge in [-0.25, -0.2) is 9.59 Å². The molecule has 3 aromatic rings. The molecular formula is C24H26F3N5O6S. The van der Waals surface area contributed by atoms with Gasteiger partial charge >= 0.3 is 18.2 Å². The number of esters is 1. The van der Waals surface area contributed by atoms with E-state index in [1.54, 1.807) is 45.2 Å². The van der Waals surface area contributed by atoms with Crippen molar-refractivity contribution in [2.45, 2.75) is 45.1 Å². The van der Waals surface area contributed by atoms with E-state index in [2.05, 4.69) is 30.9 Å². The van der Waals surface area contributed by atoms with Crippen molar-refractivity contribution in [2.75, 3.05) is 13.7 Å². The van der Waals surface area contributed by atoms with Crippen molar-refractivity contribution in [3.05, 3.63) is 51.3 Å². The Labute approximate surface area is 224 Å². The Morgan fingerprint density at radius 2 is 1.82 bits per heavy atom. The number of H-pyrrole nitrogens is 1. The van der Waals surface area contributed by atoms with Crippen molar-refractivity contribution in [1.82, 2.24) is 26.1 Å². The van der Waals surface area contributed by atoms with Gasteiger partial charge in [-0.05, 0) is 38.5 Å². The van der Waals surface area contributed by atoms with E-state index in [1.807, 2.05) is 0 Å². The number of methoxy groups -OCH3 is 1. The molecule has 39 heavy (non-hydrogen) atoms. The number of halogens is 3. The van der Waals surface area contributed by atoms with Crippen LogP contribution in [0.3, 0.4) is 0 Å². The molecule has 0 saturated carbocycles. The van der Waals surface area contributed by atoms with Gasteiger partial charge in [-0.1, -0.05) is 12.1 Å². The average molecular weight is 570 g/mol. The highest BCUT2D eigenvalue weighted by Crippen LogP contribution is 2.37. The van der Waals surface area contributed by atoms with Gasteiger partial charge in [-0.2, -0.15) is 18.3 Å². The molecule has 0 saturated heterocycles. The lowest BCUT2D eigenvalue weighted by Crippen LogP contribution is -2.49. The minimum Gasteiger partial charge on any atom is -0.467 e. The lowest BCUT2D eigenvalue weighted by molar-refractivity contribution is -0.142. The molecule has 1 atom stereocenters. The van der Waals surface area contributed by atoms with Crippen LogP contribution in [0.5, 0.6) is 0 Å². The first-order valence-electron chi connectivity index (χ1n) is 11.5. The lowest BCUT2D eigenvalue weighted by Gasteiger charge is -2.21. The number of carbonyl (C=O) groups excluding carboxylic acids is 4. The molecule has 15 heteroatoms. The molecule has 2 aromatic heterocycles. The number of carbonyl (C=O) groups is 4. The highest BCUT2D eigenvalue weighted by Gasteiger charge is 2.39. The Hall–Kier alpha value is -4.14. The summed E-state index contributed by atoms with van der Waals surface area (Å²) in [6, 6.07) is 4.26. The smallest absolute Gasteiger partial charge is 0.418 e. The molecule has 0 aliphatic heterocycles. The van der Waals surface area contributed by atoms with Gasteiger partial charge in [0.2, 0.25) is 0 Å². The summed E-state index contributed by atoms with van der Waals surface area (Å²) in [7, 11) is 1.01. The van der Waals surface area contributed by atoms with Crippen LogP contribution in [0.25, 0.3) is 10.9 Å². The fourth-order valence-corrected chi connectivity index (χ4v) is 4.38. The summed E-state index contributed by atoms with van der Waals surface area (Å²) in [6.07, 6.45) is -4.33. The third-order valence-electron chi connectivity index (χ3n) is 5.12. The highest BCUT2D eigenvalue weighted by molar-refractivity contribution is 7.16. The second-order valence-corrected chi connectivity index (χ2v) is 10.3. The van der Waals surface area contributed by atoms with Gasteiger partial charge in [0, 0.05) is 11.9 Å². The molecule has 0 bridgehead atoms. The number of fused-ring (bicyclic) bond motifs is 1. The molecule has 1 aromatic carbocycles. The molecule has 11 nitrogen and oxygen atoms in total. The van der Waals surface area contributed by atoms with Crippen molar-refractivity contribution >= 4 is 46.1 Å². The summed E-state index contributed by atoms with van der Waals surface area (Å²) in [5.41, 5.74) is -0.804. The number of thiophene rings is 1. The van der Waals surface area contributed by atoms with Crippen molar-refractivity contribution in [3.8, 4) is 0 Å². The molecule has 3 amide bonds. The zero-order chi connectivity index (χ0) is 29.0. The summed E-state index contributed by atoms with van der Waals surface area (Å²) < 4.78 is 50.9. The number of ether oxygens (including phenoxy) is 2. The SMILES string of the molecule is COC(=O)[C@H](CNC(=O)OC(C)(C)C)NC(=O)c1sc(C(=O)NCc2cccc3[nH]ncc23)cc1C(F)(F)F. The molecule has 4 N–H and O–H groups in total. The maximum absolute atomic E-state index is 13.8. The minimum atomic E-state index is -4.97. The molecule has 3 rings (SSSR count). The van der Waals surface area contributed by atoms with Crippen molar-refractivity contribution in [1.29, 1.82) is 0 Å². The normalized spacial score (nSPS) is 12.5. The van der Waals surface area contributed by atoms with E-state index < -0.39 is 58.7 Å². The van der Waals surface area contributed by atoms with Gasteiger partial charge in [-0.15, -0.1) is 11.3 Å². The molecule has 0 unspecified atom stereocenters. The van der Waals surface area contributed by atoms with E-state index in [-0.39, 0.29) is 11.4 Å². The van der Waals surface area contributed by atoms with E-state index in [1.165, 1.54) is 0 Å². The molecule has 210 valence electrons. The Morgan fingerprint density at radius 1 is 1.10 bits per heavy atom. The number of hydrogen-bond acceptors (Lipinski definition) is 8. The van der Waals surface area contributed by atoms with E-state index in [4.69, 9.17) is 4.74 Å². The summed E-state index contributed by atoms with van der Waals surface area (Å²) in [5, 5.41) is 14.4. The van der Waals surface area contributed by atoms with Gasteiger partial charge in [0.25, 0.3) is 11.8 Å². The number of rotatable bonds is 8. The van der Waals surface area contributed by atoms with Gasteiger partial charge in [0.15, 0.2) is 0 Å². The van der Waals surface area contributed by atoms with Crippen LogP contribution in [-0.2, 0) is 27.0 Å². The predicted molar refractivity (Wildman–Crippen MR) is 134 cm³/mol. The standard InChI is InChI=1S/C24H26F3N5O6S/c1-23(2,3)38-22(36)29-11-16(21(35)37-4)31-20(34)18-14(24(25,26)27)8-17(39-18)19(33)28-9-12-6-5-7-15-13(12)10-30-32-15/h5-8,10,16H,9,11H2,1-4H3,(H,28,33)(H,29,36)(H,30,32)(H,31,34)/t16-/m0/s1. The lowest BCUT2D eigenvalue weighted by atomic mass is 10.1. The number of aromatic amines is 1. The monoisotopic (exact) mass is 569 g/mol. The third-order valence-corrected chi connectivity index (χ3v) is 6.25. The van der Waals surface area contributed by atoms with Crippen LogP contribution < -0.4 is 16.0 Å². The average Bonchev–Trinajstić information content (AvgIpc) is 3.51. The van der Waals surface area contributed by atoms with Crippen LogP contribution in [0.15, 0.2) is 30.5 Å². The Balaban J connectivity index is 1.77. The Morgan fingerprint density at radius 3 is 2.46 bits per heavy atom. The first kappa shape index (κ1) is 29.4. The number of alkyl carbamates (subject to hydrolysis) is 1. The second kappa shape index (κ2) is 11.7. The van der Waals surface area contributed by atoms with Crippen molar-refractivity contribution < 1.29 is 41.8 Å². The molecule has 2 heterocycles. The number of nitrogens with zero attached hydrogens (tertiary/aromatic N) is 1. The topological polar surface area (TPSA) is 152 Å². The predicted octanol–water partition coefficient (Wildman–Crippen LogP) is 3.37. The van der Waals surface area contributed by atoms with E-state index in [0.717, 1.165) is 18.0 Å². The fourth-order valence-electron chi connectivity index (χ4n) is 3.39. The van der Waals surface area contributed by atoms with Crippen LogP contribution in [0.1, 0.15) is 51.2 Å². The Bertz CT molecular complexity index is 1380. The quantitative estimate of drug-likeness (QED) is 0.304. The third kappa shape index (κ3) is 7.69. The van der Waals surface area contributed by atoms with Gasteiger partial charge in [0.1, 0.15) is 16.5 Å². The summed E-state index contributed by atoms with van der Waals surface area (Å²) in [4.78, 5) is 48.4. The van der Waals surface area contributed by atoms with Gasteiger partial charge in [0.05, 0.1) is 35.8 Å². The van der Waals surface area contributed by atoms with Crippen LogP contribution in [0.4, 0.5) is 18.0 Å². The van der Waals surface area contributed by atoms with Crippen LogP contribution >= 0.6 is 11.3 Å². The number of amides is 3. The van der Waals surface area contributed by atoms with Crippen LogP contribution in [-0.4, -0.2) is 59.4 Å². The number of alkyl halides is 3. The summed E-state index contributed by atoms with van der Waals surface area (Å²) in [5.74, 6) is -3.13. The van der Waals surface area contributed by atoms with Crippen LogP contribution in [0.2, 0.25) is 0 Å². The summed E-state index contributed by atoms with van der Waals surface area (Å²) >= 11 is 0.310. The van der Waals surface area contributed by atoms with E-state index in [9.17, 15) is 32.3 Å². The maximum atomic E-state index is 13.8. The number of benzene rings is 1. The zero-order valence-electron chi connectivity index (χ0n) is 21.3. The number of hydrogen-bond donors (Lipinski definition) is 4. The summed E-state index contributed by atoms with van der Waals surface area (Å²) in [6.45, 7) is 4.29. The van der Waals surface area contributed by atoms with Gasteiger partial charge in [-0.3, -0.25) is 14.7 Å². The minimum absolute atomic E-state index is 0.00274. The van der Waals surface area contributed by atoms with E-state index in [0.29, 0.717) is 23.0 Å². The Kier molecular flexibility index (Phi) is 8.84. The highest BCUT2D eigenvalue weighted by atomic mass is 32.1. The van der Waals surface area contributed by atoms with Crippen LogP contribution in [0, 0.1) is 0 Å². The molecule has 0 spiro atoms. The zero-order valence-corrected chi connectivity index (χ0v) is 22.1. The maximum Gasteiger partial charge on any atom is 0.418 e. The first-order valence-corrected chi connectivity index (χ1v) is 12.3. The van der Waals surface area contributed by atoms with Crippen molar-refractivity contribution in [2.24, 2.45) is 0 Å².